The Bertz CT molecular complexity index is 821. The summed E-state index contributed by atoms with van der Waals surface area (Å²) in [6.45, 7) is 0.768. The molecular weight excluding hydrogens is 352 g/mol. The lowest BCUT2D eigenvalue weighted by molar-refractivity contribution is -0.148. The first-order valence-electron chi connectivity index (χ1n) is 9.29. The molecule has 0 saturated carbocycles. The molecule has 0 unspecified atom stereocenters. The topological polar surface area (TPSA) is 60.9 Å². The van der Waals surface area contributed by atoms with Crippen molar-refractivity contribution in [1.82, 2.24) is 9.80 Å². The van der Waals surface area contributed by atoms with Crippen LogP contribution in [-0.2, 0) is 9.59 Å². The number of amides is 1. The number of likely N-dealkylation sites (tertiary alicyclic amines) is 1. The lowest BCUT2D eigenvalue weighted by Gasteiger charge is -2.28. The molecule has 1 aliphatic rings. The van der Waals surface area contributed by atoms with Crippen molar-refractivity contribution in [2.75, 3.05) is 20.1 Å². The van der Waals surface area contributed by atoms with Gasteiger partial charge < -0.3 is 10.0 Å². The molecule has 0 radical (unpaired) electrons. The Hall–Kier alpha value is -3.10. The maximum Gasteiger partial charge on any atom is 0.326 e. The zero-order chi connectivity index (χ0) is 20.1. The Labute approximate surface area is 165 Å². The second kappa shape index (κ2) is 8.73. The van der Waals surface area contributed by atoms with Crippen LogP contribution in [0.1, 0.15) is 23.5 Å². The number of nitrogens with zero attached hydrogens (tertiary/aromatic N) is 2. The number of carbonyl (C=O) groups is 2. The van der Waals surface area contributed by atoms with Crippen LogP contribution in [0, 0.1) is 12.3 Å². The van der Waals surface area contributed by atoms with Crippen LogP contribution in [0.25, 0.3) is 0 Å². The van der Waals surface area contributed by atoms with Crippen LogP contribution in [0.3, 0.4) is 0 Å². The van der Waals surface area contributed by atoms with Gasteiger partial charge in [-0.1, -0.05) is 66.6 Å². The summed E-state index contributed by atoms with van der Waals surface area (Å²) in [4.78, 5) is 28.9. The predicted molar refractivity (Wildman–Crippen MR) is 108 cm³/mol. The number of hydrogen-bond acceptors (Lipinski definition) is 3. The molecule has 5 nitrogen and oxygen atoms in total. The molecule has 3 rings (SSSR count). The maximum atomic E-state index is 13.6. The van der Waals surface area contributed by atoms with Gasteiger partial charge in [0.15, 0.2) is 0 Å². The van der Waals surface area contributed by atoms with Crippen molar-refractivity contribution in [2.24, 2.45) is 0 Å². The Morgan fingerprint density at radius 2 is 1.68 bits per heavy atom. The van der Waals surface area contributed by atoms with E-state index in [4.69, 9.17) is 6.42 Å². The summed E-state index contributed by atoms with van der Waals surface area (Å²) < 4.78 is 0. The van der Waals surface area contributed by atoms with E-state index in [1.54, 1.807) is 0 Å². The first-order chi connectivity index (χ1) is 13.5. The van der Waals surface area contributed by atoms with Crippen LogP contribution in [0.15, 0.2) is 60.7 Å². The highest BCUT2D eigenvalue weighted by Crippen LogP contribution is 2.31. The van der Waals surface area contributed by atoms with Crippen LogP contribution < -0.4 is 0 Å². The number of carboxylic acid groups (broad SMARTS) is 1. The third-order valence-electron chi connectivity index (χ3n) is 5.32. The van der Waals surface area contributed by atoms with Gasteiger partial charge in [-0.05, 0) is 24.6 Å². The van der Waals surface area contributed by atoms with Gasteiger partial charge >= 0.3 is 5.97 Å². The van der Waals surface area contributed by atoms with E-state index in [9.17, 15) is 14.7 Å². The summed E-state index contributed by atoms with van der Waals surface area (Å²) in [5.74, 6) is 0.866. The van der Waals surface area contributed by atoms with Gasteiger partial charge in [0.05, 0.1) is 12.5 Å². The number of carbonyl (C=O) groups excluding carboxylic acids is 1. The molecule has 2 aromatic carbocycles. The van der Waals surface area contributed by atoms with Gasteiger partial charge in [0.2, 0.25) is 5.91 Å². The molecule has 0 aliphatic carbocycles. The van der Waals surface area contributed by atoms with E-state index < -0.39 is 17.9 Å². The first-order valence-corrected chi connectivity index (χ1v) is 9.29. The van der Waals surface area contributed by atoms with Crippen LogP contribution in [0.2, 0.25) is 0 Å². The second-order valence-corrected chi connectivity index (χ2v) is 7.11. The fraction of sp³-hybridized carbons (Fsp3) is 0.304. The molecule has 1 amide bonds. The molecule has 1 heterocycles. The van der Waals surface area contributed by atoms with Gasteiger partial charge in [0.25, 0.3) is 0 Å². The largest absolute Gasteiger partial charge is 0.480 e. The van der Waals surface area contributed by atoms with Crippen molar-refractivity contribution in [3.8, 4) is 12.3 Å². The smallest absolute Gasteiger partial charge is 0.326 e. The molecule has 0 spiro atoms. The molecule has 5 heteroatoms. The highest BCUT2D eigenvalue weighted by molar-refractivity contribution is 5.91. The van der Waals surface area contributed by atoms with Crippen molar-refractivity contribution in [1.29, 1.82) is 0 Å². The molecule has 1 aliphatic heterocycles. The fourth-order valence-electron chi connectivity index (χ4n) is 3.82. The lowest BCUT2D eigenvalue weighted by atomic mass is 9.90. The summed E-state index contributed by atoms with van der Waals surface area (Å²) in [6, 6.07) is 18.1. The number of terminal acetylenes is 1. The van der Waals surface area contributed by atoms with Gasteiger partial charge in [-0.2, -0.15) is 0 Å². The second-order valence-electron chi connectivity index (χ2n) is 7.11. The summed E-state index contributed by atoms with van der Waals surface area (Å²) in [7, 11) is 1.86. The average molecular weight is 376 g/mol. The number of carboxylic acids is 1. The van der Waals surface area contributed by atoms with Crippen LogP contribution in [0.4, 0.5) is 0 Å². The summed E-state index contributed by atoms with van der Waals surface area (Å²) >= 11 is 0. The molecule has 2 atom stereocenters. The molecule has 0 aromatic heterocycles. The molecular formula is C23H24N2O3. The quantitative estimate of drug-likeness (QED) is 0.787. The summed E-state index contributed by atoms with van der Waals surface area (Å²) in [6.07, 6.45) is 5.77. The Morgan fingerprint density at radius 1 is 1.14 bits per heavy atom. The van der Waals surface area contributed by atoms with E-state index >= 15 is 0 Å². The van der Waals surface area contributed by atoms with Crippen LogP contribution >= 0.6 is 0 Å². The minimum Gasteiger partial charge on any atom is -0.480 e. The maximum absolute atomic E-state index is 13.6. The minimum atomic E-state index is -0.982. The average Bonchev–Trinajstić information content (AvgIpc) is 3.16. The van der Waals surface area contributed by atoms with Crippen molar-refractivity contribution in [2.45, 2.75) is 24.4 Å². The van der Waals surface area contributed by atoms with Gasteiger partial charge in [-0.25, -0.2) is 4.79 Å². The van der Waals surface area contributed by atoms with Gasteiger partial charge in [-0.15, -0.1) is 6.42 Å². The van der Waals surface area contributed by atoms with Gasteiger partial charge in [0, 0.05) is 12.6 Å². The zero-order valence-electron chi connectivity index (χ0n) is 15.9. The van der Waals surface area contributed by atoms with Crippen LogP contribution in [-0.4, -0.2) is 59.0 Å². The van der Waals surface area contributed by atoms with E-state index in [-0.39, 0.29) is 11.9 Å². The SMILES string of the molecule is C#CCN(C)[C@H]1C[C@@H](C(=O)O)N(C(=O)C(c2ccccc2)c2ccccc2)C1. The Morgan fingerprint density at radius 3 is 2.14 bits per heavy atom. The highest BCUT2D eigenvalue weighted by Gasteiger charge is 2.43. The van der Waals surface area contributed by atoms with E-state index in [2.05, 4.69) is 5.92 Å². The first kappa shape index (κ1) is 19.7. The molecule has 28 heavy (non-hydrogen) atoms. The number of likely N-dealkylation sites (N-methyl/N-ethyl adjacent to an activating group) is 1. The summed E-state index contributed by atoms with van der Waals surface area (Å²) in [5.41, 5.74) is 1.70. The third kappa shape index (κ3) is 4.08. The molecule has 1 saturated heterocycles. The van der Waals surface area contributed by atoms with E-state index in [0.717, 1.165) is 11.1 Å². The summed E-state index contributed by atoms with van der Waals surface area (Å²) in [5, 5.41) is 9.73. The Balaban J connectivity index is 1.95. The van der Waals surface area contributed by atoms with E-state index in [1.807, 2.05) is 72.6 Å². The van der Waals surface area contributed by atoms with Gasteiger partial charge in [-0.3, -0.25) is 9.69 Å². The predicted octanol–water partition coefficient (Wildman–Crippen LogP) is 2.44. The monoisotopic (exact) mass is 376 g/mol. The van der Waals surface area contributed by atoms with E-state index in [1.165, 1.54) is 4.90 Å². The highest BCUT2D eigenvalue weighted by atomic mass is 16.4. The molecule has 1 fully saturated rings. The number of rotatable bonds is 6. The minimum absolute atomic E-state index is 0.0757. The lowest BCUT2D eigenvalue weighted by Crippen LogP contribution is -2.43. The fourth-order valence-corrected chi connectivity index (χ4v) is 3.82. The van der Waals surface area contributed by atoms with Gasteiger partial charge in [0.1, 0.15) is 6.04 Å². The van der Waals surface area contributed by atoms with E-state index in [0.29, 0.717) is 19.5 Å². The van der Waals surface area contributed by atoms with Crippen molar-refractivity contribution >= 4 is 11.9 Å². The molecule has 1 N–H and O–H groups in total. The van der Waals surface area contributed by atoms with Crippen molar-refractivity contribution < 1.29 is 14.7 Å². The standard InChI is InChI=1S/C23H24N2O3/c1-3-14-24(2)19-15-20(23(27)28)25(16-19)22(26)21(17-10-6-4-7-11-17)18-12-8-5-9-13-18/h1,4-13,19-21H,14-16H2,2H3,(H,27,28)/t19-,20-/m0/s1. The number of benzene rings is 2. The Kier molecular flexibility index (Phi) is 6.13. The number of aliphatic carboxylic acids is 1. The van der Waals surface area contributed by atoms with Crippen molar-refractivity contribution in [3.63, 3.8) is 0 Å². The normalized spacial score (nSPS) is 19.0. The third-order valence-corrected chi connectivity index (χ3v) is 5.32. The van der Waals surface area contributed by atoms with Crippen LogP contribution in [0.5, 0.6) is 0 Å². The molecule has 2 aromatic rings. The molecule has 0 bridgehead atoms. The van der Waals surface area contributed by atoms with Crippen molar-refractivity contribution in [3.05, 3.63) is 71.8 Å². The molecule has 144 valence electrons. The number of hydrogen-bond donors (Lipinski definition) is 1. The zero-order valence-corrected chi connectivity index (χ0v) is 15.9.